The lowest BCUT2D eigenvalue weighted by atomic mass is 9.86. The van der Waals surface area contributed by atoms with E-state index in [1.54, 1.807) is 0 Å². The zero-order valence-corrected chi connectivity index (χ0v) is 17.6. The standard InChI is InChI=1S/C22H31N3O3/c1-14-11-15(2)25(24-14)16(3)12-20(26)23-19(13-21(27)28)17-7-9-18(10-8-17)22(4,5)6/h7-11,16,19H,12-13H2,1-6H3,(H,23,26)(H,27,28). The van der Waals surface area contributed by atoms with E-state index in [-0.39, 0.29) is 30.2 Å². The Morgan fingerprint density at radius 3 is 2.21 bits per heavy atom. The molecule has 28 heavy (non-hydrogen) atoms. The number of carbonyl (C=O) groups excluding carboxylic acids is 1. The normalized spacial score (nSPS) is 13.8. The number of benzene rings is 1. The van der Waals surface area contributed by atoms with Crippen LogP contribution in [0.5, 0.6) is 0 Å². The first-order valence-corrected chi connectivity index (χ1v) is 9.61. The van der Waals surface area contributed by atoms with E-state index in [0.29, 0.717) is 0 Å². The maximum Gasteiger partial charge on any atom is 0.305 e. The minimum Gasteiger partial charge on any atom is -0.481 e. The van der Waals surface area contributed by atoms with Crippen molar-refractivity contribution in [3.8, 4) is 0 Å². The summed E-state index contributed by atoms with van der Waals surface area (Å²) in [5.41, 5.74) is 3.88. The fourth-order valence-corrected chi connectivity index (χ4v) is 3.34. The van der Waals surface area contributed by atoms with Gasteiger partial charge in [0.2, 0.25) is 5.91 Å². The van der Waals surface area contributed by atoms with Crippen molar-refractivity contribution in [2.75, 3.05) is 0 Å². The van der Waals surface area contributed by atoms with Crippen LogP contribution in [0.1, 0.15) is 75.1 Å². The maximum absolute atomic E-state index is 12.6. The summed E-state index contributed by atoms with van der Waals surface area (Å²) in [4.78, 5) is 23.9. The Morgan fingerprint density at radius 1 is 1.14 bits per heavy atom. The second-order valence-corrected chi connectivity index (χ2v) is 8.51. The minimum atomic E-state index is -0.947. The van der Waals surface area contributed by atoms with E-state index in [4.69, 9.17) is 0 Å². The van der Waals surface area contributed by atoms with E-state index >= 15 is 0 Å². The fourth-order valence-electron chi connectivity index (χ4n) is 3.34. The second kappa shape index (κ2) is 8.59. The lowest BCUT2D eigenvalue weighted by Crippen LogP contribution is -2.32. The summed E-state index contributed by atoms with van der Waals surface area (Å²) in [6, 6.07) is 9.09. The molecule has 2 atom stereocenters. The summed E-state index contributed by atoms with van der Waals surface area (Å²) in [7, 11) is 0. The number of aromatic nitrogens is 2. The Hall–Kier alpha value is -2.63. The molecule has 0 saturated carbocycles. The number of hydrogen-bond donors (Lipinski definition) is 2. The van der Waals surface area contributed by atoms with Gasteiger partial charge in [0.05, 0.1) is 24.2 Å². The smallest absolute Gasteiger partial charge is 0.305 e. The van der Waals surface area contributed by atoms with Gasteiger partial charge in [-0.2, -0.15) is 5.10 Å². The molecule has 1 aromatic heterocycles. The molecule has 1 heterocycles. The number of aliphatic carboxylic acids is 1. The predicted octanol–water partition coefficient (Wildman–Crippen LogP) is 4.08. The van der Waals surface area contributed by atoms with Crippen LogP contribution in [-0.4, -0.2) is 26.8 Å². The molecule has 0 aliphatic heterocycles. The highest BCUT2D eigenvalue weighted by Crippen LogP contribution is 2.25. The number of rotatable bonds is 7. The van der Waals surface area contributed by atoms with E-state index in [9.17, 15) is 14.7 Å². The number of aryl methyl sites for hydroxylation is 2. The van der Waals surface area contributed by atoms with E-state index in [2.05, 4.69) is 31.2 Å². The van der Waals surface area contributed by atoms with Gasteiger partial charge in [-0.1, -0.05) is 45.0 Å². The monoisotopic (exact) mass is 385 g/mol. The third-order valence-electron chi connectivity index (χ3n) is 4.84. The molecule has 0 spiro atoms. The Balaban J connectivity index is 2.12. The maximum atomic E-state index is 12.6. The number of nitrogens with zero attached hydrogens (tertiary/aromatic N) is 2. The van der Waals surface area contributed by atoms with Gasteiger partial charge in [-0.3, -0.25) is 14.3 Å². The van der Waals surface area contributed by atoms with Gasteiger partial charge in [0.15, 0.2) is 0 Å². The van der Waals surface area contributed by atoms with Crippen molar-refractivity contribution in [3.63, 3.8) is 0 Å². The average molecular weight is 386 g/mol. The van der Waals surface area contributed by atoms with Crippen molar-refractivity contribution in [2.45, 2.75) is 71.9 Å². The molecule has 1 amide bonds. The molecule has 0 radical (unpaired) electrons. The highest BCUT2D eigenvalue weighted by atomic mass is 16.4. The summed E-state index contributed by atoms with van der Waals surface area (Å²) in [5.74, 6) is -1.14. The van der Waals surface area contributed by atoms with Gasteiger partial charge in [0.1, 0.15) is 0 Å². The van der Waals surface area contributed by atoms with Gasteiger partial charge in [0.25, 0.3) is 0 Å². The molecular weight excluding hydrogens is 354 g/mol. The molecule has 6 heteroatoms. The molecular formula is C22H31N3O3. The summed E-state index contributed by atoms with van der Waals surface area (Å²) in [6.45, 7) is 12.2. The van der Waals surface area contributed by atoms with Crippen molar-refractivity contribution in [1.29, 1.82) is 0 Å². The van der Waals surface area contributed by atoms with Gasteiger partial charge < -0.3 is 10.4 Å². The summed E-state index contributed by atoms with van der Waals surface area (Å²) in [6.07, 6.45) is 0.0764. The van der Waals surface area contributed by atoms with Crippen molar-refractivity contribution in [2.24, 2.45) is 0 Å². The number of carboxylic acid groups (broad SMARTS) is 1. The fraction of sp³-hybridized carbons (Fsp3) is 0.500. The second-order valence-electron chi connectivity index (χ2n) is 8.51. The van der Waals surface area contributed by atoms with Gasteiger partial charge in [0, 0.05) is 12.1 Å². The van der Waals surface area contributed by atoms with Crippen LogP contribution in [0.3, 0.4) is 0 Å². The summed E-state index contributed by atoms with van der Waals surface area (Å²) in [5, 5.41) is 16.6. The first kappa shape index (κ1) is 21.7. The Morgan fingerprint density at radius 2 is 1.75 bits per heavy atom. The van der Waals surface area contributed by atoms with Gasteiger partial charge in [-0.25, -0.2) is 0 Å². The molecule has 0 aliphatic carbocycles. The van der Waals surface area contributed by atoms with Crippen LogP contribution in [0, 0.1) is 13.8 Å². The third kappa shape index (κ3) is 5.68. The average Bonchev–Trinajstić information content (AvgIpc) is 2.91. The van der Waals surface area contributed by atoms with Gasteiger partial charge >= 0.3 is 5.97 Å². The van der Waals surface area contributed by atoms with E-state index in [0.717, 1.165) is 22.5 Å². The van der Waals surface area contributed by atoms with Crippen molar-refractivity contribution in [1.82, 2.24) is 15.1 Å². The lowest BCUT2D eigenvalue weighted by Gasteiger charge is -2.22. The quantitative estimate of drug-likeness (QED) is 0.752. The number of carbonyl (C=O) groups is 2. The Kier molecular flexibility index (Phi) is 6.65. The lowest BCUT2D eigenvalue weighted by molar-refractivity contribution is -0.137. The van der Waals surface area contributed by atoms with Crippen molar-refractivity contribution in [3.05, 3.63) is 52.8 Å². The van der Waals surface area contributed by atoms with Gasteiger partial charge in [-0.15, -0.1) is 0 Å². The topological polar surface area (TPSA) is 84.2 Å². The van der Waals surface area contributed by atoms with Crippen LogP contribution < -0.4 is 5.32 Å². The highest BCUT2D eigenvalue weighted by Gasteiger charge is 2.21. The third-order valence-corrected chi connectivity index (χ3v) is 4.84. The molecule has 6 nitrogen and oxygen atoms in total. The largest absolute Gasteiger partial charge is 0.481 e. The molecule has 0 aliphatic rings. The highest BCUT2D eigenvalue weighted by molar-refractivity contribution is 5.78. The number of hydrogen-bond acceptors (Lipinski definition) is 3. The van der Waals surface area contributed by atoms with Crippen LogP contribution in [0.15, 0.2) is 30.3 Å². The van der Waals surface area contributed by atoms with Gasteiger partial charge in [-0.05, 0) is 43.4 Å². The zero-order chi connectivity index (χ0) is 21.1. The predicted molar refractivity (Wildman–Crippen MR) is 109 cm³/mol. The first-order valence-electron chi connectivity index (χ1n) is 9.61. The van der Waals surface area contributed by atoms with Crippen LogP contribution in [0.25, 0.3) is 0 Å². The molecule has 2 rings (SSSR count). The van der Waals surface area contributed by atoms with Crippen LogP contribution >= 0.6 is 0 Å². The van der Waals surface area contributed by atoms with Crippen LogP contribution in [0.2, 0.25) is 0 Å². The number of carboxylic acids is 1. The molecule has 0 saturated heterocycles. The molecule has 2 N–H and O–H groups in total. The summed E-state index contributed by atoms with van der Waals surface area (Å²) < 4.78 is 1.83. The van der Waals surface area contributed by atoms with E-state index < -0.39 is 12.0 Å². The Bertz CT molecular complexity index is 832. The zero-order valence-electron chi connectivity index (χ0n) is 17.6. The van der Waals surface area contributed by atoms with Crippen molar-refractivity contribution < 1.29 is 14.7 Å². The first-order chi connectivity index (χ1) is 13.0. The minimum absolute atomic E-state index is 0.0132. The molecule has 0 fully saturated rings. The molecule has 2 unspecified atom stereocenters. The Labute approximate surface area is 167 Å². The molecule has 152 valence electrons. The van der Waals surface area contributed by atoms with Crippen LogP contribution in [-0.2, 0) is 15.0 Å². The molecule has 2 aromatic rings. The molecule has 0 bridgehead atoms. The van der Waals surface area contributed by atoms with E-state index in [1.807, 2.05) is 55.8 Å². The number of amides is 1. The molecule has 1 aromatic carbocycles. The van der Waals surface area contributed by atoms with Crippen LogP contribution in [0.4, 0.5) is 0 Å². The number of nitrogens with one attached hydrogen (secondary N) is 1. The van der Waals surface area contributed by atoms with Crippen molar-refractivity contribution >= 4 is 11.9 Å². The summed E-state index contributed by atoms with van der Waals surface area (Å²) >= 11 is 0. The van der Waals surface area contributed by atoms with E-state index in [1.165, 1.54) is 0 Å². The SMILES string of the molecule is Cc1cc(C)n(C(C)CC(=O)NC(CC(=O)O)c2ccc(C(C)(C)C)cc2)n1.